The van der Waals surface area contributed by atoms with Gasteiger partial charge in [0, 0.05) is 0 Å². The Morgan fingerprint density at radius 3 is 1.27 bits per heavy atom. The molecule has 3 fully saturated rings. The molecule has 0 aromatic carbocycles. The standard InChI is InChI=1S/C11H18/c1-6-3-8(6)10-5-11(10)9-4-7(9)2/h6-11H,3-5H2,1-2H3. The first-order chi connectivity index (χ1) is 5.27. The third-order valence-electron chi connectivity index (χ3n) is 4.33. The van der Waals surface area contributed by atoms with E-state index in [4.69, 9.17) is 0 Å². The van der Waals surface area contributed by atoms with Crippen molar-refractivity contribution in [1.29, 1.82) is 0 Å². The third kappa shape index (κ3) is 0.947. The zero-order valence-corrected chi connectivity index (χ0v) is 7.59. The van der Waals surface area contributed by atoms with Crippen molar-refractivity contribution in [3.63, 3.8) is 0 Å². The van der Waals surface area contributed by atoms with Gasteiger partial charge in [0.1, 0.15) is 0 Å². The molecule has 0 spiro atoms. The summed E-state index contributed by atoms with van der Waals surface area (Å²) in [6.45, 7) is 4.85. The Labute approximate surface area is 69.4 Å². The van der Waals surface area contributed by atoms with E-state index in [1.54, 1.807) is 19.3 Å². The molecule has 0 bridgehead atoms. The van der Waals surface area contributed by atoms with Crippen LogP contribution in [0.15, 0.2) is 0 Å². The summed E-state index contributed by atoms with van der Waals surface area (Å²) in [5, 5.41) is 0. The first-order valence-corrected chi connectivity index (χ1v) is 5.27. The SMILES string of the molecule is CC1CC1C1CC1C1CC1C. The molecule has 0 heterocycles. The first kappa shape index (κ1) is 6.51. The molecule has 6 atom stereocenters. The quantitative estimate of drug-likeness (QED) is 0.567. The van der Waals surface area contributed by atoms with E-state index in [0.717, 1.165) is 11.8 Å². The van der Waals surface area contributed by atoms with E-state index >= 15 is 0 Å². The molecule has 0 heteroatoms. The predicted molar refractivity (Wildman–Crippen MR) is 46.1 cm³/mol. The Hall–Kier alpha value is 0. The molecule has 62 valence electrons. The molecular formula is C11H18. The van der Waals surface area contributed by atoms with Crippen LogP contribution in [0.5, 0.6) is 0 Å². The topological polar surface area (TPSA) is 0 Å². The Morgan fingerprint density at radius 1 is 0.636 bits per heavy atom. The Bertz CT molecular complexity index is 164. The van der Waals surface area contributed by atoms with Crippen molar-refractivity contribution in [2.24, 2.45) is 35.5 Å². The van der Waals surface area contributed by atoms with Gasteiger partial charge in [-0.25, -0.2) is 0 Å². The minimum atomic E-state index is 1.10. The maximum absolute atomic E-state index is 2.43. The van der Waals surface area contributed by atoms with E-state index in [-0.39, 0.29) is 0 Å². The fraction of sp³-hybridized carbons (Fsp3) is 1.00. The van der Waals surface area contributed by atoms with Crippen molar-refractivity contribution in [2.45, 2.75) is 33.1 Å². The second-order valence-corrected chi connectivity index (χ2v) is 5.32. The van der Waals surface area contributed by atoms with E-state index in [0.29, 0.717) is 0 Å². The maximum atomic E-state index is 2.43. The number of hydrogen-bond donors (Lipinski definition) is 0. The molecule has 11 heavy (non-hydrogen) atoms. The molecule has 0 nitrogen and oxygen atoms in total. The molecule has 3 saturated carbocycles. The van der Waals surface area contributed by atoms with Crippen LogP contribution in [0.1, 0.15) is 33.1 Å². The Morgan fingerprint density at radius 2 is 1.00 bits per heavy atom. The van der Waals surface area contributed by atoms with Crippen molar-refractivity contribution in [3.8, 4) is 0 Å². The highest BCUT2D eigenvalue weighted by Crippen LogP contribution is 2.65. The van der Waals surface area contributed by atoms with Gasteiger partial charge in [0.25, 0.3) is 0 Å². The predicted octanol–water partition coefficient (Wildman–Crippen LogP) is 2.93. The van der Waals surface area contributed by atoms with Gasteiger partial charge in [0.15, 0.2) is 0 Å². The maximum Gasteiger partial charge on any atom is -0.0349 e. The lowest BCUT2D eigenvalue weighted by molar-refractivity contribution is 0.537. The molecule has 3 rings (SSSR count). The zero-order chi connectivity index (χ0) is 7.59. The van der Waals surface area contributed by atoms with Crippen molar-refractivity contribution in [1.82, 2.24) is 0 Å². The molecule has 3 aliphatic rings. The summed E-state index contributed by atoms with van der Waals surface area (Å²) >= 11 is 0. The van der Waals surface area contributed by atoms with Crippen LogP contribution in [0.25, 0.3) is 0 Å². The second kappa shape index (κ2) is 1.84. The molecule has 0 N–H and O–H groups in total. The number of rotatable bonds is 2. The van der Waals surface area contributed by atoms with Crippen molar-refractivity contribution in [2.75, 3.05) is 0 Å². The van der Waals surface area contributed by atoms with E-state index in [9.17, 15) is 0 Å². The van der Waals surface area contributed by atoms with Crippen LogP contribution in [0.4, 0.5) is 0 Å². The lowest BCUT2D eigenvalue weighted by Crippen LogP contribution is -1.89. The molecular weight excluding hydrogens is 132 g/mol. The summed E-state index contributed by atoms with van der Waals surface area (Å²) in [5.74, 6) is 6.93. The molecule has 0 aliphatic heterocycles. The minimum Gasteiger partial charge on any atom is -0.0622 e. The van der Waals surface area contributed by atoms with Crippen LogP contribution in [0.3, 0.4) is 0 Å². The van der Waals surface area contributed by atoms with Crippen molar-refractivity contribution in [3.05, 3.63) is 0 Å². The fourth-order valence-electron chi connectivity index (χ4n) is 3.12. The Kier molecular flexibility index (Phi) is 1.09. The lowest BCUT2D eigenvalue weighted by atomic mass is 10.1. The fourth-order valence-corrected chi connectivity index (χ4v) is 3.12. The van der Waals surface area contributed by atoms with Crippen molar-refractivity contribution >= 4 is 0 Å². The molecule has 0 saturated heterocycles. The smallest absolute Gasteiger partial charge is 0.0349 e. The van der Waals surface area contributed by atoms with Gasteiger partial charge in [-0.05, 0) is 54.8 Å². The highest BCUT2D eigenvalue weighted by molar-refractivity contribution is 5.07. The first-order valence-electron chi connectivity index (χ1n) is 5.27. The highest BCUT2D eigenvalue weighted by atomic mass is 14.6. The van der Waals surface area contributed by atoms with Gasteiger partial charge in [0.2, 0.25) is 0 Å². The van der Waals surface area contributed by atoms with Gasteiger partial charge < -0.3 is 0 Å². The van der Waals surface area contributed by atoms with E-state index in [2.05, 4.69) is 13.8 Å². The average Bonchev–Trinajstić information content (AvgIpc) is 2.61. The van der Waals surface area contributed by atoms with Gasteiger partial charge >= 0.3 is 0 Å². The van der Waals surface area contributed by atoms with Gasteiger partial charge in [0.05, 0.1) is 0 Å². The largest absolute Gasteiger partial charge is 0.0622 e. The van der Waals surface area contributed by atoms with E-state index in [1.807, 2.05) is 0 Å². The lowest BCUT2D eigenvalue weighted by Gasteiger charge is -1.94. The van der Waals surface area contributed by atoms with Gasteiger partial charge in [-0.3, -0.25) is 0 Å². The zero-order valence-electron chi connectivity index (χ0n) is 7.59. The highest BCUT2D eigenvalue weighted by Gasteiger charge is 2.58. The molecule has 6 unspecified atom stereocenters. The summed E-state index contributed by atoms with van der Waals surface area (Å²) in [7, 11) is 0. The molecule has 0 amide bonds. The second-order valence-electron chi connectivity index (χ2n) is 5.32. The van der Waals surface area contributed by atoms with Crippen LogP contribution in [0.2, 0.25) is 0 Å². The summed E-state index contributed by atoms with van der Waals surface area (Å²) in [6, 6.07) is 0. The van der Waals surface area contributed by atoms with Gasteiger partial charge in [-0.1, -0.05) is 13.8 Å². The van der Waals surface area contributed by atoms with E-state index < -0.39 is 0 Å². The molecule has 0 aromatic heterocycles. The monoisotopic (exact) mass is 150 g/mol. The average molecular weight is 150 g/mol. The Balaban J connectivity index is 1.55. The summed E-state index contributed by atoms with van der Waals surface area (Å²) in [6.07, 6.45) is 4.72. The van der Waals surface area contributed by atoms with Crippen molar-refractivity contribution < 1.29 is 0 Å². The molecule has 3 aliphatic carbocycles. The summed E-state index contributed by atoms with van der Waals surface area (Å²) in [4.78, 5) is 0. The van der Waals surface area contributed by atoms with Crippen LogP contribution in [0, 0.1) is 35.5 Å². The van der Waals surface area contributed by atoms with Crippen LogP contribution >= 0.6 is 0 Å². The van der Waals surface area contributed by atoms with Gasteiger partial charge in [-0.2, -0.15) is 0 Å². The van der Waals surface area contributed by atoms with Crippen LogP contribution in [-0.2, 0) is 0 Å². The molecule has 0 aromatic rings. The summed E-state index contributed by atoms with van der Waals surface area (Å²) in [5.41, 5.74) is 0. The minimum absolute atomic E-state index is 1.10. The number of hydrogen-bond acceptors (Lipinski definition) is 0. The summed E-state index contributed by atoms with van der Waals surface area (Å²) < 4.78 is 0. The third-order valence-corrected chi connectivity index (χ3v) is 4.33. The van der Waals surface area contributed by atoms with Gasteiger partial charge in [-0.15, -0.1) is 0 Å². The van der Waals surface area contributed by atoms with E-state index in [1.165, 1.54) is 23.7 Å². The van der Waals surface area contributed by atoms with Crippen LogP contribution in [-0.4, -0.2) is 0 Å². The molecule has 0 radical (unpaired) electrons. The van der Waals surface area contributed by atoms with Crippen LogP contribution < -0.4 is 0 Å². The normalized spacial score (nSPS) is 66.0.